The van der Waals surface area contributed by atoms with Gasteiger partial charge < -0.3 is 4.57 Å². The van der Waals surface area contributed by atoms with Crippen LogP contribution < -0.4 is 0 Å². The van der Waals surface area contributed by atoms with Crippen LogP contribution in [-0.2, 0) is 6.54 Å². The monoisotopic (exact) mass is 279 g/mol. The number of aromatic nitrogens is 3. The van der Waals surface area contributed by atoms with Gasteiger partial charge in [0, 0.05) is 12.5 Å². The third-order valence-corrected chi connectivity index (χ3v) is 3.97. The molecule has 0 unspecified atom stereocenters. The molecule has 0 spiro atoms. The Labute approximate surface area is 108 Å². The minimum Gasteiger partial charge on any atom is -0.304 e. The average Bonchev–Trinajstić information content (AvgIpc) is 2.69. The second kappa shape index (κ2) is 5.03. The zero-order valence-electron chi connectivity index (χ0n) is 10.1. The first kappa shape index (κ1) is 13.6. The van der Waals surface area contributed by atoms with Crippen molar-refractivity contribution in [3.63, 3.8) is 0 Å². The summed E-state index contributed by atoms with van der Waals surface area (Å²) >= 11 is 5.09. The molecule has 18 heavy (non-hydrogen) atoms. The van der Waals surface area contributed by atoms with Crippen molar-refractivity contribution in [3.05, 3.63) is 10.6 Å². The molecule has 0 bridgehead atoms. The third-order valence-electron chi connectivity index (χ3n) is 3.66. The van der Waals surface area contributed by atoms with Gasteiger partial charge in [0.2, 0.25) is 0 Å². The predicted octanol–water partition coefficient (Wildman–Crippen LogP) is 3.80. The summed E-state index contributed by atoms with van der Waals surface area (Å²) in [6, 6.07) is 0. The summed E-state index contributed by atoms with van der Waals surface area (Å²) in [5, 5.41) is 6.88. The molecule has 0 saturated heterocycles. The van der Waals surface area contributed by atoms with E-state index in [1.165, 1.54) is 0 Å². The fraction of sp³-hybridized carbons (Fsp3) is 0.818. The van der Waals surface area contributed by atoms with Gasteiger partial charge in [-0.3, -0.25) is 5.10 Å². The Morgan fingerprint density at radius 2 is 1.94 bits per heavy atom. The molecule has 1 aromatic rings. The maximum absolute atomic E-state index is 12.6. The van der Waals surface area contributed by atoms with Gasteiger partial charge in [-0.25, -0.2) is 0 Å². The van der Waals surface area contributed by atoms with E-state index in [9.17, 15) is 13.2 Å². The van der Waals surface area contributed by atoms with Crippen LogP contribution in [0, 0.1) is 10.7 Å². The van der Waals surface area contributed by atoms with Gasteiger partial charge in [0.25, 0.3) is 0 Å². The minimum atomic E-state index is -4.06. The van der Waals surface area contributed by atoms with Crippen molar-refractivity contribution in [1.29, 1.82) is 0 Å². The van der Waals surface area contributed by atoms with Gasteiger partial charge in [-0.2, -0.15) is 18.3 Å². The summed E-state index contributed by atoms with van der Waals surface area (Å²) in [4.78, 5) is 0. The first-order valence-corrected chi connectivity index (χ1v) is 6.56. The van der Waals surface area contributed by atoms with Gasteiger partial charge in [-0.05, 0) is 44.8 Å². The standard InChI is InChI=1S/C11H16F3N3S/c1-2-17-9(15-16-10(17)18)7-3-5-8(6-4-7)11(12,13)14/h7-8H,2-6H2,1H3,(H,16,18). The SMILES string of the molecule is CCn1c(C2CCC(C(F)(F)F)CC2)n[nH]c1=S. The number of aromatic amines is 1. The Hall–Kier alpha value is -0.850. The molecule has 3 nitrogen and oxygen atoms in total. The summed E-state index contributed by atoms with van der Waals surface area (Å²) < 4.78 is 40.1. The highest BCUT2D eigenvalue weighted by Gasteiger charge is 2.42. The molecule has 7 heteroatoms. The largest absolute Gasteiger partial charge is 0.391 e. The van der Waals surface area contributed by atoms with Crippen LogP contribution in [-0.4, -0.2) is 20.9 Å². The average molecular weight is 279 g/mol. The number of H-pyrrole nitrogens is 1. The Kier molecular flexibility index (Phi) is 3.79. The van der Waals surface area contributed by atoms with Gasteiger partial charge in [-0.15, -0.1) is 0 Å². The van der Waals surface area contributed by atoms with E-state index in [1.807, 2.05) is 11.5 Å². The number of nitrogens with zero attached hydrogens (tertiary/aromatic N) is 2. The number of hydrogen-bond acceptors (Lipinski definition) is 2. The van der Waals surface area contributed by atoms with Crippen LogP contribution in [0.1, 0.15) is 44.3 Å². The minimum absolute atomic E-state index is 0.0940. The van der Waals surface area contributed by atoms with Gasteiger partial charge in [-0.1, -0.05) is 0 Å². The van der Waals surface area contributed by atoms with Crippen molar-refractivity contribution in [2.24, 2.45) is 5.92 Å². The highest BCUT2D eigenvalue weighted by Crippen LogP contribution is 2.42. The van der Waals surface area contributed by atoms with Crippen molar-refractivity contribution >= 4 is 12.2 Å². The Morgan fingerprint density at radius 3 is 2.44 bits per heavy atom. The maximum Gasteiger partial charge on any atom is 0.391 e. The predicted molar refractivity (Wildman–Crippen MR) is 63.8 cm³/mol. The Bertz CT molecular complexity index is 455. The second-order valence-electron chi connectivity index (χ2n) is 4.72. The number of rotatable bonds is 2. The fourth-order valence-corrected chi connectivity index (χ4v) is 2.89. The van der Waals surface area contributed by atoms with Crippen LogP contribution in [0.5, 0.6) is 0 Å². The maximum atomic E-state index is 12.6. The summed E-state index contributed by atoms with van der Waals surface area (Å²) in [6.07, 6.45) is -2.61. The molecule has 1 fully saturated rings. The van der Waals surface area contributed by atoms with Crippen molar-refractivity contribution in [1.82, 2.24) is 14.8 Å². The van der Waals surface area contributed by atoms with Crippen molar-refractivity contribution < 1.29 is 13.2 Å². The lowest BCUT2D eigenvalue weighted by atomic mass is 9.81. The zero-order valence-corrected chi connectivity index (χ0v) is 10.9. The Morgan fingerprint density at radius 1 is 1.33 bits per heavy atom. The summed E-state index contributed by atoms with van der Waals surface area (Å²) in [7, 11) is 0. The van der Waals surface area contributed by atoms with Gasteiger partial charge >= 0.3 is 6.18 Å². The van der Waals surface area contributed by atoms with Crippen LogP contribution in [0.4, 0.5) is 13.2 Å². The fourth-order valence-electron chi connectivity index (χ4n) is 2.63. The quantitative estimate of drug-likeness (QED) is 0.835. The van der Waals surface area contributed by atoms with Crippen LogP contribution in [0.15, 0.2) is 0 Å². The third kappa shape index (κ3) is 2.60. The molecule has 1 saturated carbocycles. The van der Waals surface area contributed by atoms with Crippen LogP contribution in [0.2, 0.25) is 0 Å². The lowest BCUT2D eigenvalue weighted by molar-refractivity contribution is -0.182. The Balaban J connectivity index is 2.08. The van der Waals surface area contributed by atoms with E-state index in [0.29, 0.717) is 24.2 Å². The molecule has 0 aromatic carbocycles. The van der Waals surface area contributed by atoms with E-state index in [1.54, 1.807) is 0 Å². The smallest absolute Gasteiger partial charge is 0.304 e. The van der Waals surface area contributed by atoms with Crippen LogP contribution >= 0.6 is 12.2 Å². The molecule has 0 atom stereocenters. The molecular formula is C11H16F3N3S. The first-order chi connectivity index (χ1) is 8.43. The highest BCUT2D eigenvalue weighted by atomic mass is 32.1. The van der Waals surface area contributed by atoms with E-state index in [0.717, 1.165) is 5.82 Å². The summed E-state index contributed by atoms with van der Waals surface area (Å²) in [5.74, 6) is -0.245. The molecule has 0 amide bonds. The van der Waals surface area contributed by atoms with E-state index in [-0.39, 0.29) is 18.8 Å². The van der Waals surface area contributed by atoms with Crippen molar-refractivity contribution in [2.75, 3.05) is 0 Å². The molecule has 102 valence electrons. The summed E-state index contributed by atoms with van der Waals surface area (Å²) in [5.41, 5.74) is 0. The molecule has 1 aliphatic carbocycles. The van der Waals surface area contributed by atoms with Crippen LogP contribution in [0.25, 0.3) is 0 Å². The molecule has 0 aliphatic heterocycles. The lowest BCUT2D eigenvalue weighted by Gasteiger charge is -2.29. The number of alkyl halides is 3. The second-order valence-corrected chi connectivity index (χ2v) is 5.11. The van der Waals surface area contributed by atoms with E-state index in [2.05, 4.69) is 10.2 Å². The molecule has 1 aromatic heterocycles. The van der Waals surface area contributed by atoms with Crippen LogP contribution in [0.3, 0.4) is 0 Å². The van der Waals surface area contributed by atoms with Crippen molar-refractivity contribution in [3.8, 4) is 0 Å². The summed E-state index contributed by atoms with van der Waals surface area (Å²) in [6.45, 7) is 2.65. The molecular weight excluding hydrogens is 263 g/mol. The van der Waals surface area contributed by atoms with Gasteiger partial charge in [0.1, 0.15) is 5.82 Å². The van der Waals surface area contributed by atoms with E-state index >= 15 is 0 Å². The zero-order chi connectivity index (χ0) is 13.3. The molecule has 1 heterocycles. The van der Waals surface area contributed by atoms with Gasteiger partial charge in [0.15, 0.2) is 4.77 Å². The number of hydrogen-bond donors (Lipinski definition) is 1. The molecule has 1 N–H and O–H groups in total. The highest BCUT2D eigenvalue weighted by molar-refractivity contribution is 7.71. The topological polar surface area (TPSA) is 33.6 Å². The number of nitrogens with one attached hydrogen (secondary N) is 1. The van der Waals surface area contributed by atoms with E-state index < -0.39 is 12.1 Å². The normalized spacial score (nSPS) is 25.3. The molecule has 2 rings (SSSR count). The van der Waals surface area contributed by atoms with E-state index in [4.69, 9.17) is 12.2 Å². The van der Waals surface area contributed by atoms with Crippen molar-refractivity contribution in [2.45, 2.75) is 51.2 Å². The molecule has 0 radical (unpaired) electrons. The molecule has 1 aliphatic rings. The number of halogens is 3. The lowest BCUT2D eigenvalue weighted by Crippen LogP contribution is -2.28. The first-order valence-electron chi connectivity index (χ1n) is 6.15. The van der Waals surface area contributed by atoms with Gasteiger partial charge in [0.05, 0.1) is 5.92 Å².